The molecule has 0 amide bonds. The highest BCUT2D eigenvalue weighted by molar-refractivity contribution is 7.15. The predicted molar refractivity (Wildman–Crippen MR) is 72.6 cm³/mol. The highest BCUT2D eigenvalue weighted by Gasteiger charge is 2.07. The number of likely N-dealkylation sites (N-methyl/N-ethyl adjacent to an activating group) is 2. The summed E-state index contributed by atoms with van der Waals surface area (Å²) in [7, 11) is 0. The number of nitrogens with one attached hydrogen (secondary N) is 1. The first-order chi connectivity index (χ1) is 8.33. The van der Waals surface area contributed by atoms with Crippen molar-refractivity contribution in [1.29, 1.82) is 0 Å². The number of rotatable bonds is 7. The van der Waals surface area contributed by atoms with Gasteiger partial charge in [-0.05, 0) is 13.1 Å². The Morgan fingerprint density at radius 1 is 1.47 bits per heavy atom. The lowest BCUT2D eigenvalue weighted by atomic mass is 10.4. The van der Waals surface area contributed by atoms with Crippen LogP contribution in [0.25, 0.3) is 4.96 Å². The highest BCUT2D eigenvalue weighted by Crippen LogP contribution is 2.12. The van der Waals surface area contributed by atoms with Crippen LogP contribution in [0.15, 0.2) is 17.8 Å². The van der Waals surface area contributed by atoms with Crippen LogP contribution >= 0.6 is 11.3 Å². The van der Waals surface area contributed by atoms with Gasteiger partial charge in [0.1, 0.15) is 0 Å². The van der Waals surface area contributed by atoms with Crippen LogP contribution in [0.1, 0.15) is 19.5 Å². The Kier molecular flexibility index (Phi) is 4.53. The van der Waals surface area contributed by atoms with Crippen LogP contribution in [0.2, 0.25) is 0 Å². The fourth-order valence-electron chi connectivity index (χ4n) is 1.84. The van der Waals surface area contributed by atoms with Crippen LogP contribution in [-0.2, 0) is 6.54 Å². The molecule has 1 N–H and O–H groups in total. The van der Waals surface area contributed by atoms with Crippen LogP contribution in [0, 0.1) is 0 Å². The van der Waals surface area contributed by atoms with Gasteiger partial charge in [-0.2, -0.15) is 0 Å². The molecule has 2 aromatic heterocycles. The van der Waals surface area contributed by atoms with Crippen LogP contribution in [0.5, 0.6) is 0 Å². The van der Waals surface area contributed by atoms with Gasteiger partial charge in [0.05, 0.1) is 5.69 Å². The molecular formula is C12H20N4S. The summed E-state index contributed by atoms with van der Waals surface area (Å²) in [6, 6.07) is 0. The molecule has 2 rings (SSSR count). The quantitative estimate of drug-likeness (QED) is 0.763. The molecular weight excluding hydrogens is 232 g/mol. The van der Waals surface area contributed by atoms with Gasteiger partial charge in [0.25, 0.3) is 0 Å². The van der Waals surface area contributed by atoms with E-state index in [1.807, 2.05) is 0 Å². The molecule has 0 atom stereocenters. The number of fused-ring (bicyclic) bond motifs is 1. The number of hydrogen-bond donors (Lipinski definition) is 1. The van der Waals surface area contributed by atoms with Crippen molar-refractivity contribution in [3.05, 3.63) is 23.5 Å². The lowest BCUT2D eigenvalue weighted by Gasteiger charge is -2.19. The Morgan fingerprint density at radius 2 is 2.35 bits per heavy atom. The number of hydrogen-bond acceptors (Lipinski definition) is 4. The van der Waals surface area contributed by atoms with E-state index in [-0.39, 0.29) is 0 Å². The molecule has 0 unspecified atom stereocenters. The molecule has 94 valence electrons. The van der Waals surface area contributed by atoms with E-state index in [1.54, 1.807) is 11.3 Å². The molecule has 17 heavy (non-hydrogen) atoms. The summed E-state index contributed by atoms with van der Waals surface area (Å²) in [5.74, 6) is 0. The standard InChI is InChI=1S/C12H20N4S/c1-3-13-5-6-15(4-2)9-11-10-16-7-8-17-12(16)14-11/h7-8,10,13H,3-6,9H2,1-2H3. The third kappa shape index (κ3) is 3.28. The van der Waals surface area contributed by atoms with Crippen molar-refractivity contribution in [2.75, 3.05) is 26.2 Å². The molecule has 0 aliphatic heterocycles. The lowest BCUT2D eigenvalue weighted by molar-refractivity contribution is 0.277. The molecule has 0 aliphatic rings. The van der Waals surface area contributed by atoms with Crippen LogP contribution in [0.4, 0.5) is 0 Å². The monoisotopic (exact) mass is 252 g/mol. The summed E-state index contributed by atoms with van der Waals surface area (Å²) in [4.78, 5) is 8.11. The van der Waals surface area contributed by atoms with Gasteiger partial charge in [-0.1, -0.05) is 13.8 Å². The van der Waals surface area contributed by atoms with Gasteiger partial charge in [-0.15, -0.1) is 11.3 Å². The van der Waals surface area contributed by atoms with E-state index in [9.17, 15) is 0 Å². The molecule has 0 fully saturated rings. The average molecular weight is 252 g/mol. The molecule has 0 saturated heterocycles. The predicted octanol–water partition coefficient (Wildman–Crippen LogP) is 1.83. The summed E-state index contributed by atoms with van der Waals surface area (Å²) in [5, 5.41) is 5.42. The minimum atomic E-state index is 0.941. The zero-order chi connectivity index (χ0) is 12.1. The van der Waals surface area contributed by atoms with Gasteiger partial charge in [0.15, 0.2) is 4.96 Å². The van der Waals surface area contributed by atoms with Crippen molar-refractivity contribution in [2.45, 2.75) is 20.4 Å². The Morgan fingerprint density at radius 3 is 3.06 bits per heavy atom. The molecule has 2 aromatic rings. The Bertz CT molecular complexity index is 419. The largest absolute Gasteiger partial charge is 0.316 e. The Labute approximate surface area is 106 Å². The third-order valence-corrected chi connectivity index (χ3v) is 3.60. The van der Waals surface area contributed by atoms with Gasteiger partial charge in [-0.3, -0.25) is 9.30 Å². The maximum atomic E-state index is 4.61. The van der Waals surface area contributed by atoms with Crippen molar-refractivity contribution < 1.29 is 0 Å². The van der Waals surface area contributed by atoms with Gasteiger partial charge >= 0.3 is 0 Å². The van der Waals surface area contributed by atoms with Crippen LogP contribution < -0.4 is 5.32 Å². The maximum absolute atomic E-state index is 4.61. The van der Waals surface area contributed by atoms with E-state index in [2.05, 4.69) is 51.2 Å². The van der Waals surface area contributed by atoms with Crippen LogP contribution in [0.3, 0.4) is 0 Å². The van der Waals surface area contributed by atoms with Crippen molar-refractivity contribution in [3.63, 3.8) is 0 Å². The van der Waals surface area contributed by atoms with E-state index in [0.717, 1.165) is 43.4 Å². The van der Waals surface area contributed by atoms with Crippen molar-refractivity contribution >= 4 is 16.3 Å². The summed E-state index contributed by atoms with van der Waals surface area (Å²) in [6.07, 6.45) is 4.19. The molecule has 2 heterocycles. The molecule has 0 aromatic carbocycles. The minimum absolute atomic E-state index is 0.941. The molecule has 4 nitrogen and oxygen atoms in total. The zero-order valence-electron chi connectivity index (χ0n) is 10.5. The first-order valence-corrected chi connectivity index (χ1v) is 7.05. The number of thiazole rings is 1. The minimum Gasteiger partial charge on any atom is -0.316 e. The Hall–Kier alpha value is -0.910. The fourth-order valence-corrected chi connectivity index (χ4v) is 2.56. The van der Waals surface area contributed by atoms with E-state index in [1.165, 1.54) is 0 Å². The second-order valence-corrected chi connectivity index (χ2v) is 4.92. The van der Waals surface area contributed by atoms with Crippen molar-refractivity contribution in [1.82, 2.24) is 19.6 Å². The van der Waals surface area contributed by atoms with E-state index >= 15 is 0 Å². The normalized spacial score (nSPS) is 11.7. The topological polar surface area (TPSA) is 32.6 Å². The smallest absolute Gasteiger partial charge is 0.193 e. The molecule has 0 bridgehead atoms. The number of nitrogens with zero attached hydrogens (tertiary/aromatic N) is 3. The van der Waals surface area contributed by atoms with E-state index in [0.29, 0.717) is 0 Å². The van der Waals surface area contributed by atoms with E-state index in [4.69, 9.17) is 0 Å². The summed E-state index contributed by atoms with van der Waals surface area (Å²) in [5.41, 5.74) is 1.16. The van der Waals surface area contributed by atoms with Gasteiger partial charge in [0, 0.05) is 37.4 Å². The first-order valence-electron chi connectivity index (χ1n) is 6.17. The van der Waals surface area contributed by atoms with Crippen molar-refractivity contribution in [2.24, 2.45) is 0 Å². The SMILES string of the molecule is CCNCCN(CC)Cc1cn2ccsc2n1. The molecule has 0 aliphatic carbocycles. The van der Waals surface area contributed by atoms with E-state index < -0.39 is 0 Å². The van der Waals surface area contributed by atoms with Crippen LogP contribution in [-0.4, -0.2) is 40.5 Å². The van der Waals surface area contributed by atoms with Crippen molar-refractivity contribution in [3.8, 4) is 0 Å². The molecule has 5 heteroatoms. The summed E-state index contributed by atoms with van der Waals surface area (Å²) in [6.45, 7) is 9.51. The zero-order valence-corrected chi connectivity index (χ0v) is 11.3. The second-order valence-electron chi connectivity index (χ2n) is 4.05. The third-order valence-electron chi connectivity index (χ3n) is 2.83. The Balaban J connectivity index is 1.91. The van der Waals surface area contributed by atoms with Gasteiger partial charge in [-0.25, -0.2) is 4.98 Å². The highest BCUT2D eigenvalue weighted by atomic mass is 32.1. The summed E-state index contributed by atoms with van der Waals surface area (Å²) >= 11 is 1.69. The molecule has 0 saturated carbocycles. The lowest BCUT2D eigenvalue weighted by Crippen LogP contribution is -2.31. The molecule has 0 radical (unpaired) electrons. The fraction of sp³-hybridized carbons (Fsp3) is 0.583. The van der Waals surface area contributed by atoms with Gasteiger partial charge < -0.3 is 5.32 Å². The maximum Gasteiger partial charge on any atom is 0.193 e. The summed E-state index contributed by atoms with van der Waals surface area (Å²) < 4.78 is 2.10. The molecule has 0 spiro atoms. The number of aromatic nitrogens is 2. The van der Waals surface area contributed by atoms with Gasteiger partial charge in [0.2, 0.25) is 0 Å². The second kappa shape index (κ2) is 6.14. The first kappa shape index (κ1) is 12.5. The number of imidazole rings is 1. The average Bonchev–Trinajstić information content (AvgIpc) is 2.88.